The van der Waals surface area contributed by atoms with Crippen LogP contribution in [0.4, 0.5) is 45.5 Å². The molecule has 0 amide bonds. The highest BCUT2D eigenvalue weighted by molar-refractivity contribution is 7.00. The second kappa shape index (κ2) is 16.1. The highest BCUT2D eigenvalue weighted by Crippen LogP contribution is 2.61. The molecule has 4 aliphatic rings. The molecule has 1 fully saturated rings. The lowest BCUT2D eigenvalue weighted by atomic mass is 9.33. The van der Waals surface area contributed by atoms with Crippen molar-refractivity contribution in [3.63, 3.8) is 0 Å². The minimum absolute atomic E-state index is 0.0214. The first-order chi connectivity index (χ1) is 32.6. The third-order valence-electron chi connectivity index (χ3n) is 17.5. The van der Waals surface area contributed by atoms with E-state index in [1.165, 1.54) is 127 Å². The van der Waals surface area contributed by atoms with Crippen molar-refractivity contribution in [1.29, 1.82) is 0 Å². The zero-order valence-corrected chi connectivity index (χ0v) is 46.1. The second-order valence-electron chi connectivity index (χ2n) is 27.5. The minimum Gasteiger partial charge on any atom is -0.334 e. The fourth-order valence-corrected chi connectivity index (χ4v) is 12.8. The van der Waals surface area contributed by atoms with E-state index in [-0.39, 0.29) is 44.7 Å². The third kappa shape index (κ3) is 7.76. The molecular formula is C66H82BN3. The molecule has 1 aliphatic carbocycles. The molecule has 0 aromatic heterocycles. The maximum Gasteiger partial charge on any atom is 0.252 e. The first-order valence-electron chi connectivity index (χ1n) is 26.8. The Morgan fingerprint density at radius 2 is 0.886 bits per heavy atom. The normalized spacial score (nSPS) is 20.3. The fraction of sp³-hybridized carbons (Fsp3) is 0.455. The highest BCUT2D eigenvalue weighted by Gasteiger charge is 2.57. The van der Waals surface area contributed by atoms with E-state index >= 15 is 0 Å². The van der Waals surface area contributed by atoms with E-state index in [4.69, 9.17) is 0 Å². The van der Waals surface area contributed by atoms with Crippen LogP contribution in [0.2, 0.25) is 0 Å². The molecule has 10 rings (SSSR count). The van der Waals surface area contributed by atoms with Crippen LogP contribution in [0.5, 0.6) is 0 Å². The van der Waals surface area contributed by atoms with Crippen molar-refractivity contribution in [3.05, 3.63) is 149 Å². The summed E-state index contributed by atoms with van der Waals surface area (Å²) < 4.78 is 0. The highest BCUT2D eigenvalue weighted by atomic mass is 15.3. The Balaban J connectivity index is 1.36. The number of rotatable bonds is 3. The lowest BCUT2D eigenvalue weighted by molar-refractivity contribution is 0.217. The van der Waals surface area contributed by atoms with Gasteiger partial charge in [-0.3, -0.25) is 0 Å². The third-order valence-corrected chi connectivity index (χ3v) is 17.5. The topological polar surface area (TPSA) is 9.72 Å². The Morgan fingerprint density at radius 1 is 0.386 bits per heavy atom. The molecule has 364 valence electrons. The summed E-state index contributed by atoms with van der Waals surface area (Å²) in [4.78, 5) is 8.18. The summed E-state index contributed by atoms with van der Waals surface area (Å²) in [7, 11) is 0. The summed E-state index contributed by atoms with van der Waals surface area (Å²) in [6, 6.07) is 46.7. The van der Waals surface area contributed by atoms with Gasteiger partial charge in [0.2, 0.25) is 0 Å². The Bertz CT molecular complexity index is 3010. The summed E-state index contributed by atoms with van der Waals surface area (Å²) >= 11 is 0. The monoisotopic (exact) mass is 928 g/mol. The van der Waals surface area contributed by atoms with Crippen molar-refractivity contribution in [2.75, 3.05) is 14.7 Å². The van der Waals surface area contributed by atoms with E-state index in [9.17, 15) is 0 Å². The zero-order chi connectivity index (χ0) is 50.3. The van der Waals surface area contributed by atoms with E-state index in [2.05, 4.69) is 248 Å². The van der Waals surface area contributed by atoms with Crippen molar-refractivity contribution >= 4 is 68.6 Å². The van der Waals surface area contributed by atoms with Crippen molar-refractivity contribution in [1.82, 2.24) is 0 Å². The Hall–Kier alpha value is -5.22. The Morgan fingerprint density at radius 3 is 1.49 bits per heavy atom. The van der Waals surface area contributed by atoms with Crippen LogP contribution >= 0.6 is 0 Å². The summed E-state index contributed by atoms with van der Waals surface area (Å²) in [5, 5.41) is 0. The van der Waals surface area contributed by atoms with Gasteiger partial charge in [-0.15, -0.1) is 0 Å². The van der Waals surface area contributed by atoms with Gasteiger partial charge in [0.15, 0.2) is 0 Å². The molecule has 0 bridgehead atoms. The van der Waals surface area contributed by atoms with Crippen LogP contribution in [0.15, 0.2) is 115 Å². The SMILES string of the molecule is CC(C)(C)c1ccc(N2c3ccc(C(C)(C)C)cc3B3c4ccc(C(C)(C)C)cc4N(c4cccc(C(C)(C)C)c4)c4cc(N5c6ccc(C(C)(C)C)cc6C6(C)CCCCCCC56C)cc2c43)cc1. The number of hydrogen-bond acceptors (Lipinski definition) is 3. The molecule has 3 aliphatic heterocycles. The summed E-state index contributed by atoms with van der Waals surface area (Å²) in [6.45, 7) is 40.6. The van der Waals surface area contributed by atoms with Gasteiger partial charge >= 0.3 is 0 Å². The lowest BCUT2D eigenvalue weighted by Crippen LogP contribution is -2.61. The number of anilines is 8. The number of nitrogens with zero attached hydrogens (tertiary/aromatic N) is 3. The molecule has 0 spiro atoms. The van der Waals surface area contributed by atoms with Crippen LogP contribution in [0.1, 0.15) is 190 Å². The molecule has 6 aromatic rings. The van der Waals surface area contributed by atoms with E-state index in [1.54, 1.807) is 0 Å². The van der Waals surface area contributed by atoms with E-state index in [0.29, 0.717) is 0 Å². The Kier molecular flexibility index (Phi) is 11.2. The van der Waals surface area contributed by atoms with Crippen molar-refractivity contribution in [2.45, 2.75) is 194 Å². The van der Waals surface area contributed by atoms with Gasteiger partial charge < -0.3 is 14.7 Å². The van der Waals surface area contributed by atoms with Crippen LogP contribution in [0.25, 0.3) is 0 Å². The molecule has 2 unspecified atom stereocenters. The second-order valence-corrected chi connectivity index (χ2v) is 27.5. The zero-order valence-electron chi connectivity index (χ0n) is 46.1. The predicted octanol–water partition coefficient (Wildman–Crippen LogP) is 16.8. The fourth-order valence-electron chi connectivity index (χ4n) is 12.8. The minimum atomic E-state index is -0.150. The number of hydrogen-bond donors (Lipinski definition) is 0. The molecule has 1 saturated carbocycles. The smallest absolute Gasteiger partial charge is 0.252 e. The molecule has 3 nitrogen and oxygen atoms in total. The average molecular weight is 928 g/mol. The van der Waals surface area contributed by atoms with Crippen LogP contribution in [-0.2, 0) is 32.5 Å². The van der Waals surface area contributed by atoms with Crippen LogP contribution in [-0.4, -0.2) is 12.3 Å². The van der Waals surface area contributed by atoms with Gasteiger partial charge in [0, 0.05) is 50.9 Å². The molecular weight excluding hydrogens is 846 g/mol. The molecule has 4 heteroatoms. The van der Waals surface area contributed by atoms with Crippen LogP contribution in [0.3, 0.4) is 0 Å². The van der Waals surface area contributed by atoms with Gasteiger partial charge in [-0.25, -0.2) is 0 Å². The molecule has 0 saturated heterocycles. The lowest BCUT2D eigenvalue weighted by Gasteiger charge is -2.50. The largest absolute Gasteiger partial charge is 0.334 e. The van der Waals surface area contributed by atoms with Crippen molar-refractivity contribution in [3.8, 4) is 0 Å². The van der Waals surface area contributed by atoms with Gasteiger partial charge in [-0.05, 0) is 151 Å². The van der Waals surface area contributed by atoms with Gasteiger partial charge in [-0.2, -0.15) is 0 Å². The first-order valence-corrected chi connectivity index (χ1v) is 26.8. The standard InChI is InChI=1S/C66H82BN3/c1-60(2,3)43-25-30-48(31-26-43)68-55-34-29-46(63(10,11)12)39-53(55)67-52-32-27-47(64(13,14)15)40-56(52)69(49-24-22-23-44(37-49)61(4,5)6)58-42-50(41-57(68)59(58)67)70-54-33-28-45(62(7,8)9)38-51(54)65(16)35-20-18-19-21-36-66(65,70)17/h22-34,37-42H,18-21,35-36H2,1-17H3. The first kappa shape index (κ1) is 48.4. The van der Waals surface area contributed by atoms with Gasteiger partial charge in [0.05, 0.1) is 5.54 Å². The van der Waals surface area contributed by atoms with E-state index < -0.39 is 0 Å². The predicted molar refractivity (Wildman–Crippen MR) is 306 cm³/mol. The van der Waals surface area contributed by atoms with Crippen molar-refractivity contribution < 1.29 is 0 Å². The summed E-state index contributed by atoms with van der Waals surface area (Å²) in [5.74, 6) is 0. The molecule has 3 heterocycles. The van der Waals surface area contributed by atoms with Crippen molar-refractivity contribution in [2.24, 2.45) is 0 Å². The maximum absolute atomic E-state index is 2.86. The summed E-state index contributed by atoms with van der Waals surface area (Å²) in [5.41, 5.74) is 22.5. The molecule has 2 atom stereocenters. The average Bonchev–Trinajstić information content (AvgIpc) is 3.45. The van der Waals surface area contributed by atoms with Gasteiger partial charge in [-0.1, -0.05) is 197 Å². The number of fused-ring (bicyclic) bond motifs is 7. The summed E-state index contributed by atoms with van der Waals surface area (Å²) in [6.07, 6.45) is 7.41. The van der Waals surface area contributed by atoms with Gasteiger partial charge in [0.1, 0.15) is 0 Å². The van der Waals surface area contributed by atoms with E-state index in [0.717, 1.165) is 6.42 Å². The maximum atomic E-state index is 2.86. The van der Waals surface area contributed by atoms with Crippen LogP contribution < -0.4 is 31.1 Å². The molecule has 70 heavy (non-hydrogen) atoms. The van der Waals surface area contributed by atoms with Gasteiger partial charge in [0.25, 0.3) is 6.71 Å². The Labute approximate surface area is 424 Å². The molecule has 0 radical (unpaired) electrons. The molecule has 0 N–H and O–H groups in total. The molecule has 6 aromatic carbocycles. The van der Waals surface area contributed by atoms with E-state index in [1.807, 2.05) is 0 Å². The van der Waals surface area contributed by atoms with Crippen LogP contribution in [0, 0.1) is 0 Å². The quantitative estimate of drug-likeness (QED) is 0.164. The number of benzene rings is 6.